The number of aryl methyl sites for hydroxylation is 1. The van der Waals surface area contributed by atoms with Gasteiger partial charge in [0.2, 0.25) is 10.0 Å². The van der Waals surface area contributed by atoms with E-state index in [2.05, 4.69) is 45.5 Å². The second kappa shape index (κ2) is 9.72. The first-order valence-electron chi connectivity index (χ1n) is 8.27. The van der Waals surface area contributed by atoms with Gasteiger partial charge in [-0.1, -0.05) is 0 Å². The van der Waals surface area contributed by atoms with Crippen LogP contribution in [0.5, 0.6) is 0 Å². The molecular weight excluding hydrogens is 455 g/mol. The van der Waals surface area contributed by atoms with E-state index in [9.17, 15) is 8.42 Å². The van der Waals surface area contributed by atoms with Crippen molar-refractivity contribution in [2.75, 3.05) is 26.4 Å². The van der Waals surface area contributed by atoms with Crippen LogP contribution in [-0.2, 0) is 22.9 Å². The SMILES string of the molecule is CN=C(NCCNS(C)(=O)=O)NC1CCc2cn(C(C)C)nc2C1.I. The van der Waals surface area contributed by atoms with Crippen molar-refractivity contribution in [1.82, 2.24) is 25.1 Å². The maximum absolute atomic E-state index is 11.0. The number of nitrogens with one attached hydrogen (secondary N) is 3. The van der Waals surface area contributed by atoms with Gasteiger partial charge in [0.15, 0.2) is 5.96 Å². The predicted octanol–water partition coefficient (Wildman–Crippen LogP) is 0.654. The highest BCUT2D eigenvalue weighted by molar-refractivity contribution is 14.0. The number of aliphatic imine (C=N–C) groups is 1. The van der Waals surface area contributed by atoms with Gasteiger partial charge in [-0.2, -0.15) is 5.10 Å². The minimum absolute atomic E-state index is 0. The molecule has 0 radical (unpaired) electrons. The molecule has 0 saturated carbocycles. The second-order valence-corrected chi connectivity index (χ2v) is 8.26. The summed E-state index contributed by atoms with van der Waals surface area (Å²) in [6.07, 6.45) is 6.21. The first kappa shape index (κ1) is 22.2. The quantitative estimate of drug-likeness (QED) is 0.238. The van der Waals surface area contributed by atoms with Crippen LogP contribution in [0.4, 0.5) is 0 Å². The van der Waals surface area contributed by atoms with Gasteiger partial charge in [0, 0.05) is 44.8 Å². The minimum atomic E-state index is -3.16. The molecule has 8 nitrogen and oxygen atoms in total. The molecule has 25 heavy (non-hydrogen) atoms. The van der Waals surface area contributed by atoms with Crippen LogP contribution in [0.25, 0.3) is 0 Å². The van der Waals surface area contributed by atoms with Crippen molar-refractivity contribution in [1.29, 1.82) is 0 Å². The van der Waals surface area contributed by atoms with E-state index in [4.69, 9.17) is 0 Å². The number of aromatic nitrogens is 2. The molecule has 0 fully saturated rings. The Balaban J connectivity index is 0.00000312. The van der Waals surface area contributed by atoms with Crippen LogP contribution >= 0.6 is 24.0 Å². The molecule has 0 spiro atoms. The number of sulfonamides is 1. The average Bonchev–Trinajstić information content (AvgIpc) is 2.92. The summed E-state index contributed by atoms with van der Waals surface area (Å²) in [6.45, 7) is 5.06. The molecule has 2 rings (SSSR count). The lowest BCUT2D eigenvalue weighted by Crippen LogP contribution is -2.47. The van der Waals surface area contributed by atoms with E-state index in [-0.39, 0.29) is 30.0 Å². The van der Waals surface area contributed by atoms with Crippen LogP contribution < -0.4 is 15.4 Å². The predicted molar refractivity (Wildman–Crippen MR) is 111 cm³/mol. The summed E-state index contributed by atoms with van der Waals surface area (Å²) in [5.74, 6) is 0.682. The van der Waals surface area contributed by atoms with E-state index in [0.29, 0.717) is 25.1 Å². The monoisotopic (exact) mass is 484 g/mol. The first-order chi connectivity index (χ1) is 11.3. The fraction of sp³-hybridized carbons (Fsp3) is 0.733. The number of rotatable bonds is 6. The van der Waals surface area contributed by atoms with Crippen LogP contribution in [0.2, 0.25) is 0 Å². The van der Waals surface area contributed by atoms with Crippen molar-refractivity contribution in [3.8, 4) is 0 Å². The Bertz CT molecular complexity index is 686. The molecule has 0 aromatic carbocycles. The van der Waals surface area contributed by atoms with Crippen molar-refractivity contribution in [2.45, 2.75) is 45.2 Å². The molecule has 1 heterocycles. The molecule has 3 N–H and O–H groups in total. The molecule has 1 atom stereocenters. The normalized spacial score (nSPS) is 17.8. The molecule has 10 heteroatoms. The van der Waals surface area contributed by atoms with Crippen molar-refractivity contribution >= 4 is 40.0 Å². The Morgan fingerprint density at radius 3 is 2.76 bits per heavy atom. The Hall–Kier alpha value is -0.880. The third-order valence-corrected chi connectivity index (χ3v) is 4.70. The number of nitrogens with zero attached hydrogens (tertiary/aromatic N) is 3. The molecule has 0 aliphatic heterocycles. The summed E-state index contributed by atoms with van der Waals surface area (Å²) in [6, 6.07) is 0.654. The standard InChI is InChI=1S/C15H28N6O2S.HI/c1-11(2)21-10-12-5-6-13(9-14(12)20-21)19-15(16-3)17-7-8-18-24(4,22)23;/h10-11,13,18H,5-9H2,1-4H3,(H2,16,17,19);1H. The van der Waals surface area contributed by atoms with Gasteiger partial charge in [0.05, 0.1) is 11.9 Å². The summed E-state index contributed by atoms with van der Waals surface area (Å²) in [7, 11) is -1.45. The zero-order chi connectivity index (χ0) is 17.7. The summed E-state index contributed by atoms with van der Waals surface area (Å²) >= 11 is 0. The van der Waals surface area contributed by atoms with E-state index >= 15 is 0 Å². The highest BCUT2D eigenvalue weighted by Gasteiger charge is 2.22. The van der Waals surface area contributed by atoms with E-state index in [1.807, 2.05) is 4.68 Å². The highest BCUT2D eigenvalue weighted by atomic mass is 127. The molecule has 1 aromatic heterocycles. The van der Waals surface area contributed by atoms with Crippen LogP contribution in [0.3, 0.4) is 0 Å². The van der Waals surface area contributed by atoms with Crippen molar-refractivity contribution < 1.29 is 8.42 Å². The number of hydrogen-bond acceptors (Lipinski definition) is 4. The van der Waals surface area contributed by atoms with E-state index in [1.165, 1.54) is 5.56 Å². The minimum Gasteiger partial charge on any atom is -0.355 e. The van der Waals surface area contributed by atoms with Gasteiger partial charge < -0.3 is 10.6 Å². The Morgan fingerprint density at radius 2 is 2.16 bits per heavy atom. The maximum Gasteiger partial charge on any atom is 0.208 e. The van der Waals surface area contributed by atoms with Gasteiger partial charge in [-0.05, 0) is 32.3 Å². The Kier molecular flexibility index (Phi) is 8.61. The fourth-order valence-electron chi connectivity index (χ4n) is 2.71. The van der Waals surface area contributed by atoms with Gasteiger partial charge in [-0.15, -0.1) is 24.0 Å². The summed E-state index contributed by atoms with van der Waals surface area (Å²) in [5.41, 5.74) is 2.49. The molecule has 1 aliphatic carbocycles. The zero-order valence-electron chi connectivity index (χ0n) is 15.2. The lowest BCUT2D eigenvalue weighted by molar-refractivity contribution is 0.499. The van der Waals surface area contributed by atoms with Gasteiger partial charge in [-0.3, -0.25) is 9.67 Å². The lowest BCUT2D eigenvalue weighted by Gasteiger charge is -2.24. The summed E-state index contributed by atoms with van der Waals surface area (Å²) in [5, 5.41) is 11.2. The van der Waals surface area contributed by atoms with Crippen LogP contribution in [0, 0.1) is 0 Å². The molecule has 0 bridgehead atoms. The van der Waals surface area contributed by atoms with Crippen LogP contribution in [0.1, 0.15) is 37.6 Å². The molecule has 1 unspecified atom stereocenters. The molecule has 1 aromatic rings. The topological polar surface area (TPSA) is 100 Å². The van der Waals surface area contributed by atoms with E-state index in [0.717, 1.165) is 31.2 Å². The van der Waals surface area contributed by atoms with Crippen LogP contribution in [-0.4, -0.2) is 56.6 Å². The lowest BCUT2D eigenvalue weighted by atomic mass is 9.94. The third kappa shape index (κ3) is 7.10. The summed E-state index contributed by atoms with van der Waals surface area (Å²) < 4.78 is 26.5. The van der Waals surface area contributed by atoms with Gasteiger partial charge in [0.25, 0.3) is 0 Å². The molecule has 1 aliphatic rings. The summed E-state index contributed by atoms with van der Waals surface area (Å²) in [4.78, 5) is 4.20. The van der Waals surface area contributed by atoms with Gasteiger partial charge in [-0.25, -0.2) is 13.1 Å². The van der Waals surface area contributed by atoms with Gasteiger partial charge >= 0.3 is 0 Å². The van der Waals surface area contributed by atoms with Crippen molar-refractivity contribution in [3.63, 3.8) is 0 Å². The number of halogens is 1. The highest BCUT2D eigenvalue weighted by Crippen LogP contribution is 2.21. The second-order valence-electron chi connectivity index (χ2n) is 6.42. The van der Waals surface area contributed by atoms with E-state index < -0.39 is 10.0 Å². The maximum atomic E-state index is 11.0. The number of hydrogen-bond donors (Lipinski definition) is 3. The fourth-order valence-corrected chi connectivity index (χ4v) is 3.18. The van der Waals surface area contributed by atoms with Crippen molar-refractivity contribution in [3.05, 3.63) is 17.5 Å². The van der Waals surface area contributed by atoms with Crippen LogP contribution in [0.15, 0.2) is 11.2 Å². The third-order valence-electron chi connectivity index (χ3n) is 3.97. The van der Waals surface area contributed by atoms with Crippen molar-refractivity contribution in [2.24, 2.45) is 4.99 Å². The Labute approximate surface area is 167 Å². The molecule has 144 valence electrons. The average molecular weight is 484 g/mol. The molecule has 0 amide bonds. The number of guanidine groups is 1. The first-order valence-corrected chi connectivity index (χ1v) is 10.2. The Morgan fingerprint density at radius 1 is 1.44 bits per heavy atom. The molecule has 0 saturated heterocycles. The smallest absolute Gasteiger partial charge is 0.208 e. The molecular formula is C15H29IN6O2S. The van der Waals surface area contributed by atoms with E-state index in [1.54, 1.807) is 7.05 Å². The largest absolute Gasteiger partial charge is 0.355 e. The van der Waals surface area contributed by atoms with Gasteiger partial charge in [0.1, 0.15) is 0 Å². The zero-order valence-corrected chi connectivity index (χ0v) is 18.4. The number of fused-ring (bicyclic) bond motifs is 1.